The smallest absolute Gasteiger partial charge is 0.231 e. The van der Waals surface area contributed by atoms with Crippen molar-refractivity contribution in [1.29, 1.82) is 0 Å². The number of amides is 2. The van der Waals surface area contributed by atoms with Crippen LogP contribution < -0.4 is 5.32 Å². The third-order valence-electron chi connectivity index (χ3n) is 3.63. The molecule has 0 saturated carbocycles. The Kier molecular flexibility index (Phi) is 3.88. The number of carbonyl (C=O) groups excluding carboxylic acids is 2. The Morgan fingerprint density at radius 3 is 2.58 bits per heavy atom. The van der Waals surface area contributed by atoms with E-state index in [-0.39, 0.29) is 18.2 Å². The summed E-state index contributed by atoms with van der Waals surface area (Å²) in [6.07, 6.45) is 0.289. The normalized spacial score (nSPS) is 22.1. The van der Waals surface area contributed by atoms with Gasteiger partial charge in [-0.05, 0) is 19.4 Å². The molecule has 0 bridgehead atoms. The molecule has 102 valence electrons. The Morgan fingerprint density at radius 2 is 2.05 bits per heavy atom. The molecule has 1 N–H and O–H groups in total. The number of benzene rings is 1. The van der Waals surface area contributed by atoms with Gasteiger partial charge in [-0.25, -0.2) is 0 Å². The summed E-state index contributed by atoms with van der Waals surface area (Å²) >= 11 is 0. The average Bonchev–Trinajstić information content (AvgIpc) is 2.77. The van der Waals surface area contributed by atoms with Gasteiger partial charge in [-0.2, -0.15) is 0 Å². The van der Waals surface area contributed by atoms with Crippen molar-refractivity contribution in [3.8, 4) is 0 Å². The van der Waals surface area contributed by atoms with E-state index in [1.54, 1.807) is 0 Å². The predicted molar refractivity (Wildman–Crippen MR) is 73.3 cm³/mol. The number of carbonyl (C=O) groups is 2. The van der Waals surface area contributed by atoms with Crippen LogP contribution in [0.4, 0.5) is 0 Å². The van der Waals surface area contributed by atoms with Crippen LogP contribution in [0.15, 0.2) is 30.3 Å². The zero-order valence-electron chi connectivity index (χ0n) is 11.5. The molecule has 1 aliphatic rings. The molecule has 1 heterocycles. The Morgan fingerprint density at radius 1 is 1.37 bits per heavy atom. The van der Waals surface area contributed by atoms with E-state index in [1.807, 2.05) is 49.1 Å². The van der Waals surface area contributed by atoms with Gasteiger partial charge >= 0.3 is 0 Å². The van der Waals surface area contributed by atoms with Gasteiger partial charge in [0, 0.05) is 26.1 Å². The van der Waals surface area contributed by atoms with Crippen molar-refractivity contribution >= 4 is 11.8 Å². The molecule has 1 atom stereocenters. The lowest BCUT2D eigenvalue weighted by atomic mass is 9.87. The molecule has 19 heavy (non-hydrogen) atoms. The molecule has 1 fully saturated rings. The van der Waals surface area contributed by atoms with E-state index in [9.17, 15) is 9.59 Å². The average molecular weight is 260 g/mol. The molecule has 4 heteroatoms. The molecule has 4 nitrogen and oxygen atoms in total. The van der Waals surface area contributed by atoms with E-state index < -0.39 is 5.41 Å². The van der Waals surface area contributed by atoms with Crippen molar-refractivity contribution in [2.24, 2.45) is 5.41 Å². The summed E-state index contributed by atoms with van der Waals surface area (Å²) in [5.41, 5.74) is 0.514. The standard InChI is InChI=1S/C15H20N2O2/c1-3-17(10-12-7-5-4-6-8-12)14(19)15(2)9-13(18)16-11-15/h4-8H,3,9-11H2,1-2H3,(H,16,18). The Hall–Kier alpha value is -1.84. The maximum Gasteiger partial charge on any atom is 0.231 e. The van der Waals surface area contributed by atoms with Crippen LogP contribution in [0.5, 0.6) is 0 Å². The number of rotatable bonds is 4. The molecule has 2 rings (SSSR count). The summed E-state index contributed by atoms with van der Waals surface area (Å²) in [6, 6.07) is 9.92. The highest BCUT2D eigenvalue weighted by molar-refractivity contribution is 5.92. The van der Waals surface area contributed by atoms with Crippen LogP contribution in [-0.2, 0) is 16.1 Å². The van der Waals surface area contributed by atoms with Gasteiger partial charge in [0.25, 0.3) is 0 Å². The zero-order valence-corrected chi connectivity index (χ0v) is 11.5. The quantitative estimate of drug-likeness (QED) is 0.893. The van der Waals surface area contributed by atoms with Crippen LogP contribution in [0.1, 0.15) is 25.8 Å². The Labute approximate surface area is 113 Å². The molecule has 0 spiro atoms. The van der Waals surface area contributed by atoms with Crippen molar-refractivity contribution in [1.82, 2.24) is 10.2 Å². The van der Waals surface area contributed by atoms with Crippen LogP contribution in [0.3, 0.4) is 0 Å². The van der Waals surface area contributed by atoms with Crippen LogP contribution >= 0.6 is 0 Å². The summed E-state index contributed by atoms with van der Waals surface area (Å²) in [5.74, 6) is 0.0174. The SMILES string of the molecule is CCN(Cc1ccccc1)C(=O)C1(C)CNC(=O)C1. The fourth-order valence-electron chi connectivity index (χ4n) is 2.44. The van der Waals surface area contributed by atoms with Gasteiger partial charge in [0.2, 0.25) is 11.8 Å². The molecule has 1 aliphatic heterocycles. The van der Waals surface area contributed by atoms with E-state index in [0.29, 0.717) is 19.6 Å². The second-order valence-electron chi connectivity index (χ2n) is 5.32. The minimum atomic E-state index is -0.595. The van der Waals surface area contributed by atoms with Gasteiger partial charge in [-0.15, -0.1) is 0 Å². The number of nitrogens with one attached hydrogen (secondary N) is 1. The van der Waals surface area contributed by atoms with E-state index in [1.165, 1.54) is 0 Å². The first-order valence-electron chi connectivity index (χ1n) is 6.65. The zero-order chi connectivity index (χ0) is 13.9. The molecular formula is C15H20N2O2. The largest absolute Gasteiger partial charge is 0.355 e. The fraction of sp³-hybridized carbons (Fsp3) is 0.467. The molecule has 1 saturated heterocycles. The fourth-order valence-corrected chi connectivity index (χ4v) is 2.44. The van der Waals surface area contributed by atoms with Gasteiger partial charge in [0.1, 0.15) is 0 Å². The second-order valence-corrected chi connectivity index (χ2v) is 5.32. The third-order valence-corrected chi connectivity index (χ3v) is 3.63. The molecular weight excluding hydrogens is 240 g/mol. The molecule has 1 unspecified atom stereocenters. The highest BCUT2D eigenvalue weighted by Crippen LogP contribution is 2.28. The highest BCUT2D eigenvalue weighted by Gasteiger charge is 2.42. The Balaban J connectivity index is 2.09. The van der Waals surface area contributed by atoms with E-state index in [0.717, 1.165) is 5.56 Å². The van der Waals surface area contributed by atoms with Crippen molar-refractivity contribution < 1.29 is 9.59 Å². The van der Waals surface area contributed by atoms with Crippen molar-refractivity contribution in [3.05, 3.63) is 35.9 Å². The maximum absolute atomic E-state index is 12.6. The summed E-state index contributed by atoms with van der Waals surface area (Å²) < 4.78 is 0. The van der Waals surface area contributed by atoms with Gasteiger partial charge < -0.3 is 10.2 Å². The van der Waals surface area contributed by atoms with Crippen molar-refractivity contribution in [2.45, 2.75) is 26.8 Å². The lowest BCUT2D eigenvalue weighted by Gasteiger charge is -2.29. The van der Waals surface area contributed by atoms with Crippen LogP contribution in [-0.4, -0.2) is 29.8 Å². The molecule has 2 amide bonds. The monoisotopic (exact) mass is 260 g/mol. The van der Waals surface area contributed by atoms with Gasteiger partial charge in [-0.3, -0.25) is 9.59 Å². The maximum atomic E-state index is 12.6. The minimum Gasteiger partial charge on any atom is -0.355 e. The molecule has 0 aliphatic carbocycles. The summed E-state index contributed by atoms with van der Waals surface area (Å²) in [7, 11) is 0. The Bertz CT molecular complexity index is 472. The first-order valence-corrected chi connectivity index (χ1v) is 6.65. The van der Waals surface area contributed by atoms with Gasteiger partial charge in [0.15, 0.2) is 0 Å². The lowest BCUT2D eigenvalue weighted by molar-refractivity contribution is -0.141. The van der Waals surface area contributed by atoms with E-state index >= 15 is 0 Å². The lowest BCUT2D eigenvalue weighted by Crippen LogP contribution is -2.43. The number of nitrogens with zero attached hydrogens (tertiary/aromatic N) is 1. The molecule has 0 radical (unpaired) electrons. The minimum absolute atomic E-state index is 0.0355. The first kappa shape index (κ1) is 13.6. The topological polar surface area (TPSA) is 49.4 Å². The van der Waals surface area contributed by atoms with Crippen LogP contribution in [0.2, 0.25) is 0 Å². The molecule has 0 aromatic heterocycles. The van der Waals surface area contributed by atoms with Crippen molar-refractivity contribution in [2.75, 3.05) is 13.1 Å². The van der Waals surface area contributed by atoms with Crippen LogP contribution in [0.25, 0.3) is 0 Å². The first-order chi connectivity index (χ1) is 9.05. The summed E-state index contributed by atoms with van der Waals surface area (Å²) in [4.78, 5) is 25.7. The van der Waals surface area contributed by atoms with E-state index in [4.69, 9.17) is 0 Å². The molecule has 1 aromatic carbocycles. The van der Waals surface area contributed by atoms with Crippen LogP contribution in [0, 0.1) is 5.41 Å². The van der Waals surface area contributed by atoms with E-state index in [2.05, 4.69) is 5.32 Å². The third kappa shape index (κ3) is 2.95. The van der Waals surface area contributed by atoms with Gasteiger partial charge in [0.05, 0.1) is 5.41 Å². The van der Waals surface area contributed by atoms with Crippen molar-refractivity contribution in [3.63, 3.8) is 0 Å². The second kappa shape index (κ2) is 5.43. The van der Waals surface area contributed by atoms with Gasteiger partial charge in [-0.1, -0.05) is 30.3 Å². The number of hydrogen-bond donors (Lipinski definition) is 1. The summed E-state index contributed by atoms with van der Waals surface area (Å²) in [5, 5.41) is 2.75. The molecule has 1 aromatic rings. The highest BCUT2D eigenvalue weighted by atomic mass is 16.2. The number of hydrogen-bond acceptors (Lipinski definition) is 2. The predicted octanol–water partition coefficient (Wildman–Crippen LogP) is 1.56. The summed E-state index contributed by atoms with van der Waals surface area (Å²) in [6.45, 7) is 5.52.